The summed E-state index contributed by atoms with van der Waals surface area (Å²) in [5, 5.41) is 9.44. The summed E-state index contributed by atoms with van der Waals surface area (Å²) < 4.78 is 41.0. The van der Waals surface area contributed by atoms with Crippen molar-refractivity contribution in [1.82, 2.24) is 24.3 Å². The van der Waals surface area contributed by atoms with E-state index in [-0.39, 0.29) is 22.2 Å². The van der Waals surface area contributed by atoms with Crippen LogP contribution in [-0.2, 0) is 38.9 Å². The largest absolute Gasteiger partial charge is 0.467 e. The number of ether oxygens (including phenoxy) is 1. The van der Waals surface area contributed by atoms with E-state index in [4.69, 9.17) is 19.1 Å². The average molecular weight is 807 g/mol. The minimum atomic E-state index is -3.69. The van der Waals surface area contributed by atoms with Gasteiger partial charge in [-0.15, -0.1) is 0 Å². The SMILES string of the molecule is Cc1ccc(-n2ncc3c(N4CCOCC4)nc(NCc4ccco4)nc32)cc1.O=C(Cn1cc(S(=O)(=O)c2ccccc2)c2ccccc21)N1CCc2ccccc21. The summed E-state index contributed by atoms with van der Waals surface area (Å²) in [6.45, 7) is 6.27. The molecule has 0 radical (unpaired) electrons. The molecule has 0 saturated carbocycles. The number of aromatic nitrogens is 5. The molecule has 0 unspecified atom stereocenters. The number of fused-ring (bicyclic) bond motifs is 3. The number of anilines is 3. The molecular weight excluding hydrogens is 765 g/mol. The second-order valence-corrected chi connectivity index (χ2v) is 16.3. The lowest BCUT2D eigenvalue weighted by atomic mass is 10.2. The molecular formula is C45H42N8O5S. The second-order valence-electron chi connectivity index (χ2n) is 14.4. The van der Waals surface area contributed by atoms with Crippen molar-refractivity contribution in [3.63, 3.8) is 0 Å². The highest BCUT2D eigenvalue weighted by Crippen LogP contribution is 2.32. The Hall–Kier alpha value is -6.77. The second kappa shape index (κ2) is 16.2. The number of amides is 1. The summed E-state index contributed by atoms with van der Waals surface area (Å²) in [4.78, 5) is 27.2. The van der Waals surface area contributed by atoms with Gasteiger partial charge >= 0.3 is 0 Å². The lowest BCUT2D eigenvalue weighted by Gasteiger charge is -2.28. The highest BCUT2D eigenvalue weighted by molar-refractivity contribution is 7.91. The fourth-order valence-electron chi connectivity index (χ4n) is 7.56. The van der Waals surface area contributed by atoms with Gasteiger partial charge in [0.15, 0.2) is 5.65 Å². The molecule has 0 spiro atoms. The summed E-state index contributed by atoms with van der Waals surface area (Å²) in [5.74, 6) is 2.20. The zero-order valence-electron chi connectivity index (χ0n) is 32.4. The predicted octanol–water partition coefficient (Wildman–Crippen LogP) is 7.23. The number of sulfone groups is 1. The zero-order chi connectivity index (χ0) is 40.3. The van der Waals surface area contributed by atoms with Crippen LogP contribution in [0.25, 0.3) is 27.6 Å². The Bertz CT molecular complexity index is 2850. The number of benzene rings is 4. The van der Waals surface area contributed by atoms with Crippen molar-refractivity contribution < 1.29 is 22.4 Å². The van der Waals surface area contributed by atoms with Gasteiger partial charge in [-0.1, -0.05) is 72.3 Å². The van der Waals surface area contributed by atoms with Gasteiger partial charge in [0.2, 0.25) is 21.7 Å². The molecule has 10 rings (SSSR count). The minimum Gasteiger partial charge on any atom is -0.467 e. The Morgan fingerprint density at radius 3 is 2.37 bits per heavy atom. The number of nitrogens with one attached hydrogen (secondary N) is 1. The molecule has 0 atom stereocenters. The number of morpholine rings is 1. The van der Waals surface area contributed by atoms with Crippen molar-refractivity contribution >= 4 is 55.1 Å². The molecule has 298 valence electrons. The first-order valence-electron chi connectivity index (χ1n) is 19.5. The zero-order valence-corrected chi connectivity index (χ0v) is 33.3. The quantitative estimate of drug-likeness (QED) is 0.159. The molecule has 1 amide bonds. The third-order valence-electron chi connectivity index (χ3n) is 10.6. The number of carbonyl (C=O) groups excluding carboxylic acids is 1. The Labute approximate surface area is 341 Å². The maximum atomic E-state index is 13.3. The van der Waals surface area contributed by atoms with Gasteiger partial charge in [0.1, 0.15) is 18.1 Å². The van der Waals surface area contributed by atoms with Crippen LogP contribution in [0.1, 0.15) is 16.9 Å². The lowest BCUT2D eigenvalue weighted by molar-refractivity contribution is -0.119. The molecule has 2 aliphatic heterocycles. The fourth-order valence-corrected chi connectivity index (χ4v) is 9.05. The van der Waals surface area contributed by atoms with Gasteiger partial charge in [-0.3, -0.25) is 4.79 Å². The van der Waals surface area contributed by atoms with E-state index >= 15 is 0 Å². The molecule has 59 heavy (non-hydrogen) atoms. The van der Waals surface area contributed by atoms with Crippen LogP contribution in [0, 0.1) is 6.92 Å². The molecule has 4 aromatic carbocycles. The van der Waals surface area contributed by atoms with Crippen LogP contribution in [-0.4, -0.2) is 71.5 Å². The van der Waals surface area contributed by atoms with Gasteiger partial charge in [0.25, 0.3) is 0 Å². The van der Waals surface area contributed by atoms with Gasteiger partial charge in [-0.05, 0) is 67.4 Å². The predicted molar refractivity (Wildman–Crippen MR) is 227 cm³/mol. The Kier molecular flexibility index (Phi) is 10.4. The van der Waals surface area contributed by atoms with E-state index in [0.717, 1.165) is 64.6 Å². The molecule has 0 aliphatic carbocycles. The number of nitrogens with zero attached hydrogens (tertiary/aromatic N) is 7. The van der Waals surface area contributed by atoms with Gasteiger partial charge in [-0.25, -0.2) is 13.1 Å². The fraction of sp³-hybridized carbons (Fsp3) is 0.200. The summed E-state index contributed by atoms with van der Waals surface area (Å²) in [6, 6.07) is 35.6. The van der Waals surface area contributed by atoms with Crippen molar-refractivity contribution in [3.05, 3.63) is 151 Å². The van der Waals surface area contributed by atoms with Crippen molar-refractivity contribution in [2.75, 3.05) is 48.0 Å². The monoisotopic (exact) mass is 806 g/mol. The first-order valence-corrected chi connectivity index (χ1v) is 21.0. The Morgan fingerprint density at radius 1 is 0.814 bits per heavy atom. The van der Waals surface area contributed by atoms with E-state index in [1.807, 2.05) is 77.6 Å². The van der Waals surface area contributed by atoms with Crippen molar-refractivity contribution in [2.45, 2.75) is 36.2 Å². The van der Waals surface area contributed by atoms with Gasteiger partial charge in [0.05, 0.1) is 53.1 Å². The molecule has 8 aromatic rings. The number of para-hydroxylation sites is 2. The average Bonchev–Trinajstić information content (AvgIpc) is 4.11. The third-order valence-corrected chi connectivity index (χ3v) is 12.4. The number of rotatable bonds is 9. The standard InChI is InChI=1S/C24H20N2O3S.C21H22N6O2/c27-24(26-15-14-18-8-4-6-12-21(18)26)17-25-16-23(20-11-5-7-13-22(20)25)30(28,29)19-9-2-1-3-10-19;1-15-4-6-16(7-5-15)27-20-18(14-23-27)19(26-8-11-28-12-9-26)24-21(25-20)22-13-17-3-2-10-29-17/h1-13,16H,14-15,17H2;2-7,10,14H,8-9,11-13H2,1H3,(H,22,24,25). The smallest absolute Gasteiger partial charge is 0.246 e. The van der Waals surface area contributed by atoms with Crippen molar-refractivity contribution in [1.29, 1.82) is 0 Å². The van der Waals surface area contributed by atoms with Gasteiger partial charge in [0, 0.05) is 42.4 Å². The third kappa shape index (κ3) is 7.67. The topological polar surface area (TPSA) is 141 Å². The van der Waals surface area contributed by atoms with Crippen LogP contribution in [0.2, 0.25) is 0 Å². The first kappa shape index (κ1) is 37.8. The number of carbonyl (C=O) groups is 1. The van der Waals surface area contributed by atoms with Crippen molar-refractivity contribution in [2.24, 2.45) is 0 Å². The first-order chi connectivity index (χ1) is 28.8. The summed E-state index contributed by atoms with van der Waals surface area (Å²) in [6.07, 6.45) is 5.93. The van der Waals surface area contributed by atoms with Crippen LogP contribution < -0.4 is 15.1 Å². The summed E-state index contributed by atoms with van der Waals surface area (Å²) in [5.41, 5.74) is 5.77. The van der Waals surface area contributed by atoms with Crippen LogP contribution in [0.4, 0.5) is 17.5 Å². The lowest BCUT2D eigenvalue weighted by Crippen LogP contribution is -2.37. The number of hydrogen-bond acceptors (Lipinski definition) is 10. The van der Waals surface area contributed by atoms with Gasteiger partial charge in [-0.2, -0.15) is 15.1 Å². The molecule has 1 saturated heterocycles. The number of furan rings is 1. The number of hydrogen-bond donors (Lipinski definition) is 1. The van der Waals surface area contributed by atoms with Crippen LogP contribution in [0.15, 0.2) is 148 Å². The summed E-state index contributed by atoms with van der Waals surface area (Å²) >= 11 is 0. The maximum Gasteiger partial charge on any atom is 0.246 e. The molecule has 6 heterocycles. The van der Waals surface area contributed by atoms with E-state index in [1.54, 1.807) is 58.3 Å². The molecule has 1 fully saturated rings. The molecule has 4 aromatic heterocycles. The van der Waals surface area contributed by atoms with Crippen LogP contribution >= 0.6 is 0 Å². The molecule has 0 bridgehead atoms. The Balaban J connectivity index is 0.000000152. The van der Waals surface area contributed by atoms with Gasteiger partial charge < -0.3 is 28.8 Å². The van der Waals surface area contributed by atoms with E-state index in [1.165, 1.54) is 5.56 Å². The molecule has 14 heteroatoms. The van der Waals surface area contributed by atoms with E-state index in [0.29, 0.717) is 37.6 Å². The van der Waals surface area contributed by atoms with Crippen LogP contribution in [0.3, 0.4) is 0 Å². The Morgan fingerprint density at radius 2 is 1.58 bits per heavy atom. The normalized spacial score (nSPS) is 14.0. The van der Waals surface area contributed by atoms with Crippen LogP contribution in [0.5, 0.6) is 0 Å². The van der Waals surface area contributed by atoms with E-state index in [2.05, 4.69) is 34.4 Å². The molecule has 2 aliphatic rings. The maximum absolute atomic E-state index is 13.3. The number of aryl methyl sites for hydroxylation is 1. The molecule has 13 nitrogen and oxygen atoms in total. The molecule has 1 N–H and O–H groups in total. The highest BCUT2D eigenvalue weighted by Gasteiger charge is 2.27. The van der Waals surface area contributed by atoms with E-state index in [9.17, 15) is 13.2 Å². The highest BCUT2D eigenvalue weighted by atomic mass is 32.2. The van der Waals surface area contributed by atoms with Crippen molar-refractivity contribution in [3.8, 4) is 5.69 Å². The van der Waals surface area contributed by atoms with E-state index < -0.39 is 9.84 Å². The minimum absolute atomic E-state index is 0.0515. The summed E-state index contributed by atoms with van der Waals surface area (Å²) in [7, 11) is -3.69.